The minimum absolute atomic E-state index is 0.799. The molecule has 0 aliphatic heterocycles. The molecule has 0 aliphatic rings. The van der Waals surface area contributed by atoms with Crippen LogP contribution in [0, 0.1) is 13.8 Å². The van der Waals surface area contributed by atoms with Crippen LogP contribution in [0.25, 0.3) is 22.3 Å². The molecule has 0 saturated heterocycles. The molecule has 162 valence electrons. The molecule has 1 heterocycles. The quantitative estimate of drug-likeness (QED) is 0.289. The average molecular weight is 471 g/mol. The molecule has 0 aliphatic carbocycles. The summed E-state index contributed by atoms with van der Waals surface area (Å²) in [6, 6.07) is 22.3. The topological polar surface area (TPSA) is 9.23 Å². The number of aryl methyl sites for hydroxylation is 2. The van der Waals surface area contributed by atoms with Crippen LogP contribution < -0.4 is 4.74 Å². The van der Waals surface area contributed by atoms with Crippen LogP contribution in [0.3, 0.4) is 0 Å². The molecular formula is C27H28Cl2OS. The van der Waals surface area contributed by atoms with Crippen molar-refractivity contribution in [2.75, 3.05) is 7.11 Å². The van der Waals surface area contributed by atoms with Crippen molar-refractivity contribution in [1.29, 1.82) is 0 Å². The number of thiophene rings is 1. The smallest absolute Gasteiger partial charge is 0.118 e. The number of hydrogen-bond acceptors (Lipinski definition) is 2. The van der Waals surface area contributed by atoms with Crippen molar-refractivity contribution in [3.05, 3.63) is 98.7 Å². The average Bonchev–Trinajstić information content (AvgIpc) is 3.34. The van der Waals surface area contributed by atoms with Crippen molar-refractivity contribution < 1.29 is 4.74 Å². The standard InChI is InChI=1S/C14H13ClO.C11H9ClS.C2H6/c1-10-3-4-12(9-14(10)15)11-5-7-13(16-2)8-6-11;1-8-2-3-9(6-11(8)12)10-4-5-13-7-10;1-2/h3-9H,1-2H3;2-7H,1H3;1-2H3. The summed E-state index contributed by atoms with van der Waals surface area (Å²) in [6.07, 6.45) is 0. The lowest BCUT2D eigenvalue weighted by molar-refractivity contribution is 0.415. The van der Waals surface area contributed by atoms with Crippen molar-refractivity contribution >= 4 is 34.5 Å². The van der Waals surface area contributed by atoms with Crippen LogP contribution in [0.1, 0.15) is 25.0 Å². The van der Waals surface area contributed by atoms with Crippen LogP contribution in [0.4, 0.5) is 0 Å². The fourth-order valence-electron chi connectivity index (χ4n) is 2.76. The van der Waals surface area contributed by atoms with Gasteiger partial charge in [-0.3, -0.25) is 0 Å². The summed E-state index contributed by atoms with van der Waals surface area (Å²) in [6.45, 7) is 8.01. The molecule has 31 heavy (non-hydrogen) atoms. The van der Waals surface area contributed by atoms with Gasteiger partial charge >= 0.3 is 0 Å². The second kappa shape index (κ2) is 12.6. The van der Waals surface area contributed by atoms with Gasteiger partial charge in [-0.2, -0.15) is 11.3 Å². The van der Waals surface area contributed by atoms with Crippen molar-refractivity contribution in [3.63, 3.8) is 0 Å². The summed E-state index contributed by atoms with van der Waals surface area (Å²) in [5, 5.41) is 5.83. The Balaban J connectivity index is 0.000000208. The predicted molar refractivity (Wildman–Crippen MR) is 139 cm³/mol. The zero-order chi connectivity index (χ0) is 22.8. The van der Waals surface area contributed by atoms with Crippen molar-refractivity contribution in [2.45, 2.75) is 27.7 Å². The van der Waals surface area contributed by atoms with Gasteiger partial charge in [-0.25, -0.2) is 0 Å². The van der Waals surface area contributed by atoms with E-state index in [0.29, 0.717) is 0 Å². The van der Waals surface area contributed by atoms with E-state index in [1.807, 2.05) is 70.2 Å². The van der Waals surface area contributed by atoms with Gasteiger partial charge in [0.2, 0.25) is 0 Å². The van der Waals surface area contributed by atoms with Gasteiger partial charge in [0.25, 0.3) is 0 Å². The maximum absolute atomic E-state index is 6.10. The van der Waals surface area contributed by atoms with Crippen LogP contribution in [0.5, 0.6) is 5.75 Å². The van der Waals surface area contributed by atoms with Crippen molar-refractivity contribution in [3.8, 4) is 28.0 Å². The van der Waals surface area contributed by atoms with E-state index < -0.39 is 0 Å². The normalized spacial score (nSPS) is 9.77. The molecule has 0 atom stereocenters. The molecule has 4 heteroatoms. The van der Waals surface area contributed by atoms with E-state index in [4.69, 9.17) is 27.9 Å². The van der Waals surface area contributed by atoms with Crippen LogP contribution in [0.2, 0.25) is 10.0 Å². The number of methoxy groups -OCH3 is 1. The Kier molecular flexibility index (Phi) is 10.1. The molecule has 1 aromatic heterocycles. The summed E-state index contributed by atoms with van der Waals surface area (Å²) < 4.78 is 5.12. The van der Waals surface area contributed by atoms with Gasteiger partial charge in [-0.15, -0.1) is 0 Å². The molecular weight excluding hydrogens is 443 g/mol. The van der Waals surface area contributed by atoms with Crippen LogP contribution in [-0.2, 0) is 0 Å². The Morgan fingerprint density at radius 1 is 0.645 bits per heavy atom. The molecule has 0 spiro atoms. The zero-order valence-electron chi connectivity index (χ0n) is 18.6. The minimum Gasteiger partial charge on any atom is -0.497 e. The first-order chi connectivity index (χ1) is 15.0. The molecule has 0 amide bonds. The van der Waals surface area contributed by atoms with Crippen LogP contribution in [0.15, 0.2) is 77.5 Å². The van der Waals surface area contributed by atoms with Crippen molar-refractivity contribution in [1.82, 2.24) is 0 Å². The first-order valence-electron chi connectivity index (χ1n) is 10.2. The number of halogens is 2. The van der Waals surface area contributed by atoms with E-state index in [9.17, 15) is 0 Å². The molecule has 4 rings (SSSR count). The third-order valence-corrected chi connectivity index (χ3v) is 6.12. The fourth-order valence-corrected chi connectivity index (χ4v) is 3.78. The molecule has 4 aromatic rings. The van der Waals surface area contributed by atoms with Gasteiger partial charge in [0.1, 0.15) is 5.75 Å². The molecule has 1 nitrogen and oxygen atoms in total. The highest BCUT2D eigenvalue weighted by Gasteiger charge is 2.02. The summed E-state index contributed by atoms with van der Waals surface area (Å²) in [4.78, 5) is 0. The summed E-state index contributed by atoms with van der Waals surface area (Å²) in [7, 11) is 1.66. The van der Waals surface area contributed by atoms with Gasteiger partial charge in [-0.1, -0.05) is 73.4 Å². The number of hydrogen-bond donors (Lipinski definition) is 0. The lowest BCUT2D eigenvalue weighted by Gasteiger charge is -2.05. The monoisotopic (exact) mass is 470 g/mol. The summed E-state index contributed by atoms with van der Waals surface area (Å²) in [5.74, 6) is 0.863. The number of ether oxygens (including phenoxy) is 1. The highest BCUT2D eigenvalue weighted by Crippen LogP contribution is 2.27. The van der Waals surface area contributed by atoms with E-state index in [-0.39, 0.29) is 0 Å². The molecule has 3 aromatic carbocycles. The van der Waals surface area contributed by atoms with Gasteiger partial charge in [0, 0.05) is 10.0 Å². The Bertz CT molecular complexity index is 1070. The van der Waals surface area contributed by atoms with Crippen LogP contribution in [-0.4, -0.2) is 7.11 Å². The van der Waals surface area contributed by atoms with E-state index in [1.54, 1.807) is 18.4 Å². The third kappa shape index (κ3) is 7.14. The SMILES string of the molecule is CC.COc1ccc(-c2ccc(C)c(Cl)c2)cc1.Cc1ccc(-c2ccsc2)cc1Cl. The lowest BCUT2D eigenvalue weighted by Crippen LogP contribution is -1.83. The Morgan fingerprint density at radius 2 is 1.13 bits per heavy atom. The Labute approximate surface area is 200 Å². The molecule has 0 saturated carbocycles. The van der Waals surface area contributed by atoms with Crippen LogP contribution >= 0.6 is 34.5 Å². The third-order valence-electron chi connectivity index (χ3n) is 4.62. The van der Waals surface area contributed by atoms with Gasteiger partial charge < -0.3 is 4.74 Å². The molecule has 0 N–H and O–H groups in total. The highest BCUT2D eigenvalue weighted by molar-refractivity contribution is 7.08. The van der Waals surface area contributed by atoms with Crippen molar-refractivity contribution in [2.24, 2.45) is 0 Å². The predicted octanol–water partition coefficient (Wildman–Crippen LogP) is 9.73. The van der Waals surface area contributed by atoms with E-state index in [0.717, 1.165) is 38.0 Å². The first-order valence-corrected chi connectivity index (χ1v) is 11.9. The zero-order valence-corrected chi connectivity index (χ0v) is 20.9. The Morgan fingerprint density at radius 3 is 1.55 bits per heavy atom. The second-order valence-corrected chi connectivity index (χ2v) is 8.26. The number of benzene rings is 3. The molecule has 0 bridgehead atoms. The second-order valence-electron chi connectivity index (χ2n) is 6.67. The lowest BCUT2D eigenvalue weighted by atomic mass is 10.0. The minimum atomic E-state index is 0.799. The highest BCUT2D eigenvalue weighted by atomic mass is 35.5. The van der Waals surface area contributed by atoms with Gasteiger partial charge in [-0.05, 0) is 88.3 Å². The number of rotatable bonds is 3. The van der Waals surface area contributed by atoms with Gasteiger partial charge in [0.05, 0.1) is 7.11 Å². The Hall–Kier alpha value is -2.26. The first kappa shape index (κ1) is 25.0. The summed E-state index contributed by atoms with van der Waals surface area (Å²) in [5.41, 5.74) is 6.92. The molecule has 0 fully saturated rings. The summed E-state index contributed by atoms with van der Waals surface area (Å²) >= 11 is 13.8. The van der Waals surface area contributed by atoms with E-state index in [1.165, 1.54) is 11.1 Å². The molecule has 0 unspecified atom stereocenters. The van der Waals surface area contributed by atoms with Gasteiger partial charge in [0.15, 0.2) is 0 Å². The van der Waals surface area contributed by atoms with E-state index >= 15 is 0 Å². The maximum Gasteiger partial charge on any atom is 0.118 e. The molecule has 0 radical (unpaired) electrons. The fraction of sp³-hybridized carbons (Fsp3) is 0.185. The maximum atomic E-state index is 6.10. The van der Waals surface area contributed by atoms with E-state index in [2.05, 4.69) is 35.0 Å². The largest absolute Gasteiger partial charge is 0.497 e.